The van der Waals surface area contributed by atoms with Gasteiger partial charge in [-0.05, 0) is 53.6 Å². The van der Waals surface area contributed by atoms with E-state index in [4.69, 9.17) is 4.74 Å². The van der Waals surface area contributed by atoms with Gasteiger partial charge in [0.2, 0.25) is 0 Å². The number of rotatable bonds is 8. The van der Waals surface area contributed by atoms with Crippen LogP contribution in [-0.4, -0.2) is 11.8 Å². The van der Waals surface area contributed by atoms with Crippen LogP contribution in [0.25, 0.3) is 10.1 Å². The first kappa shape index (κ1) is 24.2. The normalized spacial score (nSPS) is 10.7. The number of carbonyl (C=O) groups is 2. The lowest BCUT2D eigenvalue weighted by molar-refractivity contribution is 0.0950. The van der Waals surface area contributed by atoms with E-state index in [1.807, 2.05) is 60.7 Å². The minimum atomic E-state index is -0.475. The molecule has 5 nitrogen and oxygen atoms in total. The van der Waals surface area contributed by atoms with E-state index in [0.29, 0.717) is 22.9 Å². The zero-order valence-corrected chi connectivity index (χ0v) is 20.6. The van der Waals surface area contributed by atoms with Gasteiger partial charge in [0.05, 0.1) is 0 Å². The van der Waals surface area contributed by atoms with Crippen LogP contribution >= 0.6 is 11.3 Å². The molecule has 0 spiro atoms. The van der Waals surface area contributed by atoms with Crippen molar-refractivity contribution in [1.82, 2.24) is 5.32 Å². The van der Waals surface area contributed by atoms with E-state index >= 15 is 0 Å². The van der Waals surface area contributed by atoms with Crippen LogP contribution in [0, 0.1) is 5.82 Å². The van der Waals surface area contributed by atoms with Crippen LogP contribution in [0.1, 0.15) is 31.2 Å². The molecule has 0 aliphatic carbocycles. The number of halogens is 1. The third kappa shape index (κ3) is 5.85. The highest BCUT2D eigenvalue weighted by atomic mass is 32.1. The van der Waals surface area contributed by atoms with E-state index in [1.165, 1.54) is 29.5 Å². The number of nitrogens with one attached hydrogen (secondary N) is 2. The molecular weight excluding hydrogens is 487 g/mol. The molecule has 184 valence electrons. The molecule has 0 bridgehead atoms. The zero-order valence-electron chi connectivity index (χ0n) is 19.7. The van der Waals surface area contributed by atoms with Crippen LogP contribution in [0.2, 0.25) is 0 Å². The molecule has 1 aromatic heterocycles. The molecule has 0 radical (unpaired) electrons. The summed E-state index contributed by atoms with van der Waals surface area (Å²) in [6, 6.07) is 30.3. The fourth-order valence-corrected chi connectivity index (χ4v) is 4.96. The molecule has 0 unspecified atom stereocenters. The number of hydrogen-bond acceptors (Lipinski definition) is 4. The standard InChI is InChI=1S/C30H23FN2O3S/c31-23-12-7-11-22(17-23)29(34)33-24-13-6-10-21(16-24)18-32-30(35)28-27(25-14-4-5-15-26(25)37-28)36-19-20-8-2-1-3-9-20/h1-17H,18-19H2,(H,32,35)(H,33,34). The fourth-order valence-electron chi connectivity index (χ4n) is 3.90. The van der Waals surface area contributed by atoms with Crippen molar-refractivity contribution in [3.05, 3.63) is 131 Å². The molecule has 2 amide bonds. The predicted molar refractivity (Wildman–Crippen MR) is 145 cm³/mol. The van der Waals surface area contributed by atoms with Gasteiger partial charge in [-0.3, -0.25) is 9.59 Å². The molecular formula is C30H23FN2O3S. The highest BCUT2D eigenvalue weighted by Gasteiger charge is 2.20. The first-order valence-electron chi connectivity index (χ1n) is 11.7. The van der Waals surface area contributed by atoms with Gasteiger partial charge in [0.15, 0.2) is 5.75 Å². The Kier molecular flexibility index (Phi) is 7.23. The third-order valence-corrected chi connectivity index (χ3v) is 6.86. The van der Waals surface area contributed by atoms with Crippen molar-refractivity contribution in [3.8, 4) is 5.75 Å². The molecule has 5 rings (SSSR count). The first-order valence-corrected chi connectivity index (χ1v) is 12.5. The minimum absolute atomic E-state index is 0.228. The SMILES string of the molecule is O=C(Nc1cccc(CNC(=O)c2sc3ccccc3c2OCc2ccccc2)c1)c1cccc(F)c1. The van der Waals surface area contributed by atoms with Gasteiger partial charge in [-0.15, -0.1) is 11.3 Å². The van der Waals surface area contributed by atoms with E-state index in [2.05, 4.69) is 10.6 Å². The Bertz CT molecular complexity index is 1570. The second kappa shape index (κ2) is 11.1. The Morgan fingerprint density at radius 1 is 0.784 bits per heavy atom. The zero-order chi connectivity index (χ0) is 25.6. The maximum atomic E-state index is 13.4. The van der Waals surface area contributed by atoms with Gasteiger partial charge in [-0.1, -0.05) is 60.7 Å². The van der Waals surface area contributed by atoms with Crippen molar-refractivity contribution in [2.75, 3.05) is 5.32 Å². The lowest BCUT2D eigenvalue weighted by atomic mass is 10.1. The van der Waals surface area contributed by atoms with Crippen molar-refractivity contribution >= 4 is 38.9 Å². The van der Waals surface area contributed by atoms with Crippen molar-refractivity contribution in [2.24, 2.45) is 0 Å². The number of anilines is 1. The van der Waals surface area contributed by atoms with Crippen LogP contribution < -0.4 is 15.4 Å². The third-order valence-electron chi connectivity index (χ3n) is 5.71. The van der Waals surface area contributed by atoms with Crippen LogP contribution in [0.5, 0.6) is 5.75 Å². The van der Waals surface area contributed by atoms with Gasteiger partial charge in [-0.2, -0.15) is 0 Å². The van der Waals surface area contributed by atoms with E-state index in [1.54, 1.807) is 24.3 Å². The summed E-state index contributed by atoms with van der Waals surface area (Å²) < 4.78 is 20.6. The number of benzene rings is 4. The summed E-state index contributed by atoms with van der Waals surface area (Å²) >= 11 is 1.39. The number of amides is 2. The summed E-state index contributed by atoms with van der Waals surface area (Å²) in [5, 5.41) is 6.63. The molecule has 4 aromatic carbocycles. The molecule has 0 atom stereocenters. The molecule has 37 heavy (non-hydrogen) atoms. The molecule has 0 aliphatic heterocycles. The van der Waals surface area contributed by atoms with Gasteiger partial charge in [0, 0.05) is 27.9 Å². The Labute approximate surface area is 217 Å². The van der Waals surface area contributed by atoms with Gasteiger partial charge in [0.1, 0.15) is 17.3 Å². The molecule has 0 saturated heterocycles. The number of hydrogen-bond donors (Lipinski definition) is 2. The number of ether oxygens (including phenoxy) is 1. The average molecular weight is 511 g/mol. The van der Waals surface area contributed by atoms with Gasteiger partial charge in [-0.25, -0.2) is 4.39 Å². The lowest BCUT2D eigenvalue weighted by Crippen LogP contribution is -2.22. The van der Waals surface area contributed by atoms with Crippen molar-refractivity contribution in [3.63, 3.8) is 0 Å². The van der Waals surface area contributed by atoms with Crippen LogP contribution in [-0.2, 0) is 13.2 Å². The number of carbonyl (C=O) groups excluding carboxylic acids is 2. The summed E-state index contributed by atoms with van der Waals surface area (Å²) in [6.45, 7) is 0.615. The smallest absolute Gasteiger partial charge is 0.265 e. The largest absolute Gasteiger partial charge is 0.487 e. The predicted octanol–water partition coefficient (Wildman–Crippen LogP) is 6.80. The minimum Gasteiger partial charge on any atom is -0.487 e. The van der Waals surface area contributed by atoms with E-state index in [0.717, 1.165) is 21.2 Å². The number of thiophene rings is 1. The molecule has 0 saturated carbocycles. The van der Waals surface area contributed by atoms with Gasteiger partial charge in [0.25, 0.3) is 11.8 Å². The molecule has 0 aliphatic rings. The fraction of sp³-hybridized carbons (Fsp3) is 0.0667. The van der Waals surface area contributed by atoms with E-state index in [9.17, 15) is 14.0 Å². The molecule has 7 heteroatoms. The summed E-state index contributed by atoms with van der Waals surface area (Å²) in [4.78, 5) is 26.2. The van der Waals surface area contributed by atoms with Crippen molar-refractivity contribution in [1.29, 1.82) is 0 Å². The highest BCUT2D eigenvalue weighted by molar-refractivity contribution is 7.21. The quantitative estimate of drug-likeness (QED) is 0.241. The van der Waals surface area contributed by atoms with Crippen LogP contribution in [0.3, 0.4) is 0 Å². The van der Waals surface area contributed by atoms with E-state index in [-0.39, 0.29) is 18.0 Å². The van der Waals surface area contributed by atoms with Gasteiger partial charge < -0.3 is 15.4 Å². The van der Waals surface area contributed by atoms with Crippen molar-refractivity contribution in [2.45, 2.75) is 13.2 Å². The maximum absolute atomic E-state index is 13.4. The first-order chi connectivity index (χ1) is 18.1. The summed E-state index contributed by atoms with van der Waals surface area (Å²) in [5.74, 6) is -0.555. The molecule has 5 aromatic rings. The Morgan fingerprint density at radius 3 is 2.38 bits per heavy atom. The lowest BCUT2D eigenvalue weighted by Gasteiger charge is -2.10. The van der Waals surface area contributed by atoms with Crippen molar-refractivity contribution < 1.29 is 18.7 Å². The summed E-state index contributed by atoms with van der Waals surface area (Å²) in [6.07, 6.45) is 0. The van der Waals surface area contributed by atoms with Crippen LogP contribution in [0.15, 0.2) is 103 Å². The van der Waals surface area contributed by atoms with E-state index < -0.39 is 11.7 Å². The second-order valence-electron chi connectivity index (χ2n) is 8.38. The monoisotopic (exact) mass is 510 g/mol. The maximum Gasteiger partial charge on any atom is 0.265 e. The van der Waals surface area contributed by atoms with Gasteiger partial charge >= 0.3 is 0 Å². The summed E-state index contributed by atoms with van der Waals surface area (Å²) in [7, 11) is 0. The molecule has 0 fully saturated rings. The Morgan fingerprint density at radius 2 is 1.54 bits per heavy atom. The average Bonchev–Trinajstić information content (AvgIpc) is 3.30. The molecule has 1 heterocycles. The Hall–Kier alpha value is -4.49. The van der Waals surface area contributed by atoms with Crippen LogP contribution in [0.4, 0.5) is 10.1 Å². The second-order valence-corrected chi connectivity index (χ2v) is 9.43. The number of fused-ring (bicyclic) bond motifs is 1. The Balaban J connectivity index is 1.29. The summed E-state index contributed by atoms with van der Waals surface area (Å²) in [5.41, 5.74) is 2.60. The topological polar surface area (TPSA) is 67.4 Å². The molecule has 2 N–H and O–H groups in total. The highest BCUT2D eigenvalue weighted by Crippen LogP contribution is 2.38.